The van der Waals surface area contributed by atoms with Crippen LogP contribution < -0.4 is 5.32 Å². The molecule has 5 heteroatoms. The number of aromatic nitrogens is 1. The Morgan fingerprint density at radius 1 is 1.67 bits per heavy atom. The van der Waals surface area contributed by atoms with E-state index in [1.54, 1.807) is 12.1 Å². The van der Waals surface area contributed by atoms with Crippen molar-refractivity contribution in [2.45, 2.75) is 32.2 Å². The number of rotatable bonds is 5. The molecule has 1 aromatic heterocycles. The first-order chi connectivity index (χ1) is 8.60. The van der Waals surface area contributed by atoms with Gasteiger partial charge in [-0.1, -0.05) is 0 Å². The van der Waals surface area contributed by atoms with E-state index in [4.69, 9.17) is 10.4 Å². The van der Waals surface area contributed by atoms with E-state index in [0.717, 1.165) is 18.5 Å². The Bertz CT molecular complexity index is 503. The van der Waals surface area contributed by atoms with Gasteiger partial charge in [-0.15, -0.1) is 0 Å². The van der Waals surface area contributed by atoms with Crippen LogP contribution in [0.3, 0.4) is 0 Å². The highest BCUT2D eigenvalue weighted by molar-refractivity contribution is 5.68. The molecule has 1 fully saturated rings. The fourth-order valence-electron chi connectivity index (χ4n) is 1.95. The molecule has 2 rings (SSSR count). The first kappa shape index (κ1) is 12.4. The summed E-state index contributed by atoms with van der Waals surface area (Å²) >= 11 is 0. The average molecular weight is 245 g/mol. The molecule has 1 aliphatic carbocycles. The van der Waals surface area contributed by atoms with Crippen molar-refractivity contribution in [3.05, 3.63) is 23.4 Å². The Morgan fingerprint density at radius 2 is 2.39 bits per heavy atom. The minimum absolute atomic E-state index is 0.0607. The zero-order valence-electron chi connectivity index (χ0n) is 10.2. The second-order valence-electron chi connectivity index (χ2n) is 4.65. The lowest BCUT2D eigenvalue weighted by molar-refractivity contribution is -0.137. The Labute approximate surface area is 105 Å². The smallest absolute Gasteiger partial charge is 0.305 e. The van der Waals surface area contributed by atoms with Gasteiger partial charge < -0.3 is 10.4 Å². The maximum absolute atomic E-state index is 10.8. The van der Waals surface area contributed by atoms with Gasteiger partial charge in [-0.05, 0) is 37.8 Å². The maximum Gasteiger partial charge on any atom is 0.305 e. The molecule has 0 radical (unpaired) electrons. The molecule has 1 aliphatic rings. The molecule has 0 saturated heterocycles. The summed E-state index contributed by atoms with van der Waals surface area (Å²) in [6, 6.07) is 5.41. The molecule has 1 aromatic rings. The maximum atomic E-state index is 10.8. The van der Waals surface area contributed by atoms with Crippen LogP contribution in [-0.2, 0) is 4.79 Å². The molecule has 2 N–H and O–H groups in total. The number of carboxylic acid groups (broad SMARTS) is 1. The predicted molar refractivity (Wildman–Crippen MR) is 66.1 cm³/mol. The molecule has 1 heterocycles. The van der Waals surface area contributed by atoms with Gasteiger partial charge in [0.05, 0.1) is 12.0 Å². The number of hydrogen-bond acceptors (Lipinski definition) is 4. The Kier molecular flexibility index (Phi) is 3.47. The van der Waals surface area contributed by atoms with Crippen LogP contribution in [0.2, 0.25) is 0 Å². The van der Waals surface area contributed by atoms with Gasteiger partial charge >= 0.3 is 5.97 Å². The fraction of sp³-hybridized carbons (Fsp3) is 0.462. The number of nitriles is 1. The molecular weight excluding hydrogens is 230 g/mol. The van der Waals surface area contributed by atoms with E-state index in [2.05, 4.69) is 16.4 Å². The van der Waals surface area contributed by atoms with Crippen LogP contribution in [0.5, 0.6) is 0 Å². The summed E-state index contributed by atoms with van der Waals surface area (Å²) in [5, 5.41) is 21.0. The third-order valence-corrected chi connectivity index (χ3v) is 3.06. The zero-order chi connectivity index (χ0) is 13.1. The molecule has 0 spiro atoms. The summed E-state index contributed by atoms with van der Waals surface area (Å²) in [5.74, 6) is 0.0520. The van der Waals surface area contributed by atoms with Crippen LogP contribution in [0.4, 0.5) is 5.82 Å². The predicted octanol–water partition coefficient (Wildman–Crippen LogP) is 1.93. The number of nitrogens with one attached hydrogen (secondary N) is 1. The molecule has 0 aliphatic heterocycles. The summed E-state index contributed by atoms with van der Waals surface area (Å²) in [7, 11) is 0. The van der Waals surface area contributed by atoms with Crippen LogP contribution >= 0.6 is 0 Å². The second-order valence-corrected chi connectivity index (χ2v) is 4.65. The van der Waals surface area contributed by atoms with Crippen molar-refractivity contribution in [3.63, 3.8) is 0 Å². The Balaban J connectivity index is 2.17. The van der Waals surface area contributed by atoms with Crippen LogP contribution in [0.15, 0.2) is 12.1 Å². The minimum atomic E-state index is -0.828. The average Bonchev–Trinajstić information content (AvgIpc) is 3.11. The summed E-state index contributed by atoms with van der Waals surface area (Å²) < 4.78 is 0. The summed E-state index contributed by atoms with van der Waals surface area (Å²) in [4.78, 5) is 15.1. The lowest BCUT2D eigenvalue weighted by Gasteiger charge is -2.17. The number of nitrogens with zero attached hydrogens (tertiary/aromatic N) is 2. The highest BCUT2D eigenvalue weighted by atomic mass is 16.4. The van der Waals surface area contributed by atoms with Gasteiger partial charge in [0.15, 0.2) is 0 Å². The van der Waals surface area contributed by atoms with E-state index in [-0.39, 0.29) is 12.5 Å². The van der Waals surface area contributed by atoms with Crippen LogP contribution in [0.1, 0.15) is 30.5 Å². The van der Waals surface area contributed by atoms with E-state index < -0.39 is 5.97 Å². The van der Waals surface area contributed by atoms with Gasteiger partial charge in [0.25, 0.3) is 0 Å². The molecule has 0 amide bonds. The van der Waals surface area contributed by atoms with Gasteiger partial charge in [-0.25, -0.2) is 4.98 Å². The Hall–Kier alpha value is -2.09. The van der Waals surface area contributed by atoms with E-state index in [9.17, 15) is 4.79 Å². The van der Waals surface area contributed by atoms with Gasteiger partial charge in [0, 0.05) is 11.7 Å². The molecule has 1 unspecified atom stereocenters. The van der Waals surface area contributed by atoms with E-state index in [1.165, 1.54) is 0 Å². The van der Waals surface area contributed by atoms with Crippen LogP contribution in [0, 0.1) is 24.2 Å². The van der Waals surface area contributed by atoms with Crippen molar-refractivity contribution < 1.29 is 9.90 Å². The van der Waals surface area contributed by atoms with Crippen molar-refractivity contribution in [2.24, 2.45) is 5.92 Å². The fourth-order valence-corrected chi connectivity index (χ4v) is 1.95. The third kappa shape index (κ3) is 2.98. The molecule has 0 bridgehead atoms. The number of carboxylic acids is 1. The zero-order valence-corrected chi connectivity index (χ0v) is 10.2. The van der Waals surface area contributed by atoms with E-state index in [1.807, 2.05) is 6.92 Å². The lowest BCUT2D eigenvalue weighted by Crippen LogP contribution is -2.26. The van der Waals surface area contributed by atoms with Gasteiger partial charge in [0.2, 0.25) is 0 Å². The number of aliphatic carboxylic acids is 1. The third-order valence-electron chi connectivity index (χ3n) is 3.06. The van der Waals surface area contributed by atoms with Crippen molar-refractivity contribution in [1.82, 2.24) is 4.98 Å². The second kappa shape index (κ2) is 5.05. The molecule has 1 saturated carbocycles. The summed E-state index contributed by atoms with van der Waals surface area (Å²) in [6.45, 7) is 1.84. The largest absolute Gasteiger partial charge is 0.481 e. The Morgan fingerprint density at radius 3 is 2.94 bits per heavy atom. The molecular formula is C13H15N3O2. The van der Waals surface area contributed by atoms with Crippen molar-refractivity contribution in [3.8, 4) is 6.07 Å². The standard InChI is InChI=1S/C13H15N3O2/c1-8-2-3-10(7-14)13(15-8)16-11(6-12(17)18)9-4-5-9/h2-3,9,11H,4-6H2,1H3,(H,15,16)(H,17,18). The van der Waals surface area contributed by atoms with Crippen LogP contribution in [-0.4, -0.2) is 22.1 Å². The lowest BCUT2D eigenvalue weighted by atomic mass is 10.1. The van der Waals surface area contributed by atoms with E-state index in [0.29, 0.717) is 17.3 Å². The normalized spacial score (nSPS) is 15.8. The van der Waals surface area contributed by atoms with Gasteiger partial charge in [-0.2, -0.15) is 5.26 Å². The first-order valence-electron chi connectivity index (χ1n) is 5.96. The molecule has 1 atom stereocenters. The van der Waals surface area contributed by atoms with Crippen molar-refractivity contribution >= 4 is 11.8 Å². The van der Waals surface area contributed by atoms with E-state index >= 15 is 0 Å². The number of pyridine rings is 1. The van der Waals surface area contributed by atoms with Crippen LogP contribution in [0.25, 0.3) is 0 Å². The van der Waals surface area contributed by atoms with Gasteiger partial charge in [-0.3, -0.25) is 4.79 Å². The number of anilines is 1. The van der Waals surface area contributed by atoms with Crippen molar-refractivity contribution in [2.75, 3.05) is 5.32 Å². The summed E-state index contributed by atoms with van der Waals surface area (Å²) in [5.41, 5.74) is 1.26. The molecule has 94 valence electrons. The number of carbonyl (C=O) groups is 1. The highest BCUT2D eigenvalue weighted by Gasteiger charge is 2.33. The SMILES string of the molecule is Cc1ccc(C#N)c(NC(CC(=O)O)C2CC2)n1. The summed E-state index contributed by atoms with van der Waals surface area (Å²) in [6.07, 6.45) is 2.14. The molecule has 0 aromatic carbocycles. The number of hydrogen-bond donors (Lipinski definition) is 2. The van der Waals surface area contributed by atoms with Crippen molar-refractivity contribution in [1.29, 1.82) is 5.26 Å². The monoisotopic (exact) mass is 245 g/mol. The highest BCUT2D eigenvalue weighted by Crippen LogP contribution is 2.35. The molecule has 5 nitrogen and oxygen atoms in total. The quantitative estimate of drug-likeness (QED) is 0.827. The minimum Gasteiger partial charge on any atom is -0.481 e. The molecule has 18 heavy (non-hydrogen) atoms. The van der Waals surface area contributed by atoms with Gasteiger partial charge in [0.1, 0.15) is 11.9 Å². The first-order valence-corrected chi connectivity index (χ1v) is 5.96. The number of aryl methyl sites for hydroxylation is 1. The topological polar surface area (TPSA) is 86.0 Å².